The molecule has 2 N–H and O–H groups in total. The smallest absolute Gasteiger partial charge is 0.331 e. The Labute approximate surface area is 103 Å². The Hall–Kier alpha value is -1.69. The first kappa shape index (κ1) is 13.4. The zero-order chi connectivity index (χ0) is 13.0. The number of nitrogens with one attached hydrogen (secondary N) is 1. The number of rotatable bonds is 4. The molecule has 1 heterocycles. The average Bonchev–Trinajstić information content (AvgIpc) is 2.69. The number of hydrogen-bond acceptors (Lipinski definition) is 4. The highest BCUT2D eigenvalue weighted by atomic mass is 32.1. The molecule has 0 spiro atoms. The van der Waals surface area contributed by atoms with E-state index in [1.165, 1.54) is 25.2 Å². The standard InChI is InChI=1S/C11H14N2O3S/c1-6(7(2)11(15)16)10(14)12-4-9-8(3)13-5-17-9/h5H,4H2,1-3H3,(H,12,14)(H,15,16). The minimum absolute atomic E-state index is 0.0588. The van der Waals surface area contributed by atoms with Gasteiger partial charge in [-0.25, -0.2) is 9.78 Å². The van der Waals surface area contributed by atoms with E-state index in [2.05, 4.69) is 10.3 Å². The van der Waals surface area contributed by atoms with Gasteiger partial charge in [-0.3, -0.25) is 4.79 Å². The second kappa shape index (κ2) is 5.58. The number of aliphatic carboxylic acids is 1. The lowest BCUT2D eigenvalue weighted by Crippen LogP contribution is -2.25. The van der Waals surface area contributed by atoms with Crippen molar-refractivity contribution in [3.8, 4) is 0 Å². The van der Waals surface area contributed by atoms with Crippen LogP contribution in [-0.2, 0) is 16.1 Å². The maximum Gasteiger partial charge on any atom is 0.331 e. The molecule has 0 unspecified atom stereocenters. The van der Waals surface area contributed by atoms with Crippen molar-refractivity contribution < 1.29 is 14.7 Å². The zero-order valence-electron chi connectivity index (χ0n) is 9.90. The molecular formula is C11H14N2O3S. The number of hydrogen-bond donors (Lipinski definition) is 2. The maximum absolute atomic E-state index is 11.6. The first-order chi connectivity index (χ1) is 7.93. The molecule has 0 aliphatic heterocycles. The lowest BCUT2D eigenvalue weighted by atomic mass is 10.1. The van der Waals surface area contributed by atoms with Crippen LogP contribution in [0.1, 0.15) is 24.4 Å². The van der Waals surface area contributed by atoms with Gasteiger partial charge in [0.15, 0.2) is 0 Å². The predicted octanol–water partition coefficient (Wildman–Crippen LogP) is 1.49. The van der Waals surface area contributed by atoms with Crippen molar-refractivity contribution in [1.82, 2.24) is 10.3 Å². The highest BCUT2D eigenvalue weighted by Gasteiger charge is 2.12. The number of carboxylic acids is 1. The summed E-state index contributed by atoms with van der Waals surface area (Å²) >= 11 is 1.46. The Bertz CT molecular complexity index is 477. The predicted molar refractivity (Wildman–Crippen MR) is 64.7 cm³/mol. The molecule has 0 saturated heterocycles. The summed E-state index contributed by atoms with van der Waals surface area (Å²) in [5.41, 5.74) is 2.87. The lowest BCUT2D eigenvalue weighted by molar-refractivity contribution is -0.133. The number of carbonyl (C=O) groups is 2. The van der Waals surface area contributed by atoms with Gasteiger partial charge >= 0.3 is 5.97 Å². The average molecular weight is 254 g/mol. The van der Waals surface area contributed by atoms with Gasteiger partial charge in [-0.15, -0.1) is 11.3 Å². The van der Waals surface area contributed by atoms with Crippen molar-refractivity contribution in [3.05, 3.63) is 27.2 Å². The summed E-state index contributed by atoms with van der Waals surface area (Å²) in [6.45, 7) is 5.15. The molecule has 1 rings (SSSR count). The van der Waals surface area contributed by atoms with Gasteiger partial charge in [0.05, 0.1) is 17.7 Å². The van der Waals surface area contributed by atoms with Gasteiger partial charge in [0.1, 0.15) is 0 Å². The third kappa shape index (κ3) is 3.39. The van der Waals surface area contributed by atoms with Crippen molar-refractivity contribution in [2.24, 2.45) is 0 Å². The Kier molecular flexibility index (Phi) is 4.39. The fourth-order valence-corrected chi connectivity index (χ4v) is 1.84. The van der Waals surface area contributed by atoms with Crippen LogP contribution in [0.2, 0.25) is 0 Å². The largest absolute Gasteiger partial charge is 0.478 e. The first-order valence-electron chi connectivity index (χ1n) is 5.01. The molecule has 0 fully saturated rings. The molecule has 0 aliphatic rings. The number of aromatic nitrogens is 1. The Balaban J connectivity index is 2.65. The summed E-state index contributed by atoms with van der Waals surface area (Å²) in [4.78, 5) is 27.4. The van der Waals surface area contributed by atoms with Crippen LogP contribution in [0.25, 0.3) is 0 Å². The van der Waals surface area contributed by atoms with Crippen LogP contribution in [0.3, 0.4) is 0 Å². The van der Waals surface area contributed by atoms with E-state index in [9.17, 15) is 9.59 Å². The third-order valence-corrected chi connectivity index (χ3v) is 3.41. The molecule has 17 heavy (non-hydrogen) atoms. The van der Waals surface area contributed by atoms with Crippen LogP contribution in [0, 0.1) is 6.92 Å². The monoisotopic (exact) mass is 254 g/mol. The first-order valence-corrected chi connectivity index (χ1v) is 5.89. The lowest BCUT2D eigenvalue weighted by Gasteiger charge is -2.06. The van der Waals surface area contributed by atoms with Crippen molar-refractivity contribution in [2.75, 3.05) is 0 Å². The molecule has 6 heteroatoms. The van der Waals surface area contributed by atoms with Crippen LogP contribution in [0.4, 0.5) is 0 Å². The van der Waals surface area contributed by atoms with E-state index < -0.39 is 5.97 Å². The third-order valence-electron chi connectivity index (χ3n) is 2.48. The van der Waals surface area contributed by atoms with Crippen LogP contribution in [0.15, 0.2) is 16.7 Å². The van der Waals surface area contributed by atoms with Gasteiger partial charge in [0.25, 0.3) is 0 Å². The van der Waals surface area contributed by atoms with Gasteiger partial charge in [-0.1, -0.05) is 0 Å². The molecule has 1 aromatic rings. The molecule has 0 saturated carbocycles. The molecule has 0 aromatic carbocycles. The van der Waals surface area contributed by atoms with Crippen LogP contribution < -0.4 is 5.32 Å². The summed E-state index contributed by atoms with van der Waals surface area (Å²) in [5.74, 6) is -1.44. The number of carboxylic acid groups (broad SMARTS) is 1. The zero-order valence-corrected chi connectivity index (χ0v) is 10.7. The van der Waals surface area contributed by atoms with E-state index in [-0.39, 0.29) is 17.1 Å². The quantitative estimate of drug-likeness (QED) is 0.798. The van der Waals surface area contributed by atoms with Crippen LogP contribution in [0.5, 0.6) is 0 Å². The normalized spacial score (nSPS) is 11.9. The van der Waals surface area contributed by atoms with Crippen molar-refractivity contribution in [3.63, 3.8) is 0 Å². The van der Waals surface area contributed by atoms with E-state index in [0.717, 1.165) is 10.6 Å². The molecular weight excluding hydrogens is 240 g/mol. The summed E-state index contributed by atoms with van der Waals surface area (Å²) in [6, 6.07) is 0. The second-order valence-corrected chi connectivity index (χ2v) is 4.54. The highest BCUT2D eigenvalue weighted by molar-refractivity contribution is 7.09. The Morgan fingerprint density at radius 2 is 2.06 bits per heavy atom. The summed E-state index contributed by atoms with van der Waals surface area (Å²) in [6.07, 6.45) is 0. The summed E-state index contributed by atoms with van der Waals surface area (Å²) in [7, 11) is 0. The van der Waals surface area contributed by atoms with E-state index in [0.29, 0.717) is 6.54 Å². The molecule has 0 radical (unpaired) electrons. The van der Waals surface area contributed by atoms with E-state index in [1.54, 1.807) is 5.51 Å². The molecule has 5 nitrogen and oxygen atoms in total. The van der Waals surface area contributed by atoms with Gasteiger partial charge in [0, 0.05) is 16.0 Å². The molecule has 1 aromatic heterocycles. The molecule has 0 bridgehead atoms. The Morgan fingerprint density at radius 3 is 2.53 bits per heavy atom. The van der Waals surface area contributed by atoms with Crippen molar-refractivity contribution >= 4 is 23.2 Å². The number of aryl methyl sites for hydroxylation is 1. The second-order valence-electron chi connectivity index (χ2n) is 3.60. The van der Waals surface area contributed by atoms with E-state index >= 15 is 0 Å². The van der Waals surface area contributed by atoms with Gasteiger partial charge < -0.3 is 10.4 Å². The fraction of sp³-hybridized carbons (Fsp3) is 0.364. The van der Waals surface area contributed by atoms with Gasteiger partial charge in [-0.2, -0.15) is 0 Å². The fourth-order valence-electron chi connectivity index (χ4n) is 1.12. The number of nitrogens with zero attached hydrogens (tertiary/aromatic N) is 1. The summed E-state index contributed by atoms with van der Waals surface area (Å²) < 4.78 is 0. The highest BCUT2D eigenvalue weighted by Crippen LogP contribution is 2.12. The van der Waals surface area contributed by atoms with E-state index in [4.69, 9.17) is 5.11 Å². The van der Waals surface area contributed by atoms with Gasteiger partial charge in [-0.05, 0) is 20.8 Å². The van der Waals surface area contributed by atoms with Gasteiger partial charge in [0.2, 0.25) is 5.91 Å². The van der Waals surface area contributed by atoms with Crippen molar-refractivity contribution in [1.29, 1.82) is 0 Å². The molecule has 0 atom stereocenters. The Morgan fingerprint density at radius 1 is 1.41 bits per heavy atom. The number of carbonyl (C=O) groups excluding carboxylic acids is 1. The minimum Gasteiger partial charge on any atom is -0.478 e. The summed E-state index contributed by atoms with van der Waals surface area (Å²) in [5, 5.41) is 11.4. The number of thiazole rings is 1. The maximum atomic E-state index is 11.6. The molecule has 92 valence electrons. The van der Waals surface area contributed by atoms with Crippen LogP contribution >= 0.6 is 11.3 Å². The van der Waals surface area contributed by atoms with Crippen LogP contribution in [-0.4, -0.2) is 22.0 Å². The topological polar surface area (TPSA) is 79.3 Å². The SMILES string of the molecule is CC(C(=O)O)=C(C)C(=O)NCc1scnc1C. The number of amides is 1. The molecule has 0 aliphatic carbocycles. The van der Waals surface area contributed by atoms with E-state index in [1.807, 2.05) is 6.92 Å². The van der Waals surface area contributed by atoms with Crippen molar-refractivity contribution in [2.45, 2.75) is 27.3 Å². The molecule has 1 amide bonds. The minimum atomic E-state index is -1.08.